The predicted octanol–water partition coefficient (Wildman–Crippen LogP) is 4.58. The van der Waals surface area contributed by atoms with Crippen molar-refractivity contribution in [2.75, 3.05) is 13.1 Å². The van der Waals surface area contributed by atoms with E-state index in [1.807, 2.05) is 6.07 Å². The summed E-state index contributed by atoms with van der Waals surface area (Å²) in [6, 6.07) is 14.9. The van der Waals surface area contributed by atoms with Crippen molar-refractivity contribution in [3.63, 3.8) is 0 Å². The van der Waals surface area contributed by atoms with Crippen LogP contribution < -0.4 is 5.48 Å². The number of hydrogen-bond donors (Lipinski definition) is 3. The minimum atomic E-state index is -0.518. The highest BCUT2D eigenvalue weighted by atomic mass is 16.5. The number of benzene rings is 2. The lowest BCUT2D eigenvalue weighted by Crippen LogP contribution is -2.32. The lowest BCUT2D eigenvalue weighted by molar-refractivity contribution is -0.124. The number of fused-ring (bicyclic) bond motifs is 2. The first-order chi connectivity index (χ1) is 14.8. The van der Waals surface area contributed by atoms with Crippen molar-refractivity contribution >= 4 is 22.9 Å². The van der Waals surface area contributed by atoms with Crippen LogP contribution in [0.5, 0.6) is 0 Å². The van der Waals surface area contributed by atoms with Crippen LogP contribution in [-0.2, 0) is 29.6 Å². The number of carbonyl (C=O) groups excluding carboxylic acids is 1. The fourth-order valence-electron chi connectivity index (χ4n) is 4.50. The van der Waals surface area contributed by atoms with Crippen molar-refractivity contribution in [1.29, 1.82) is 0 Å². The molecular formula is C26H31N3O2. The van der Waals surface area contributed by atoms with E-state index in [-0.39, 0.29) is 5.41 Å². The maximum atomic E-state index is 11.2. The Hall–Kier alpha value is -2.89. The molecule has 0 saturated heterocycles. The molecule has 0 fully saturated rings. The Balaban J connectivity index is 1.47. The van der Waals surface area contributed by atoms with Crippen LogP contribution in [0.15, 0.2) is 48.5 Å². The van der Waals surface area contributed by atoms with Gasteiger partial charge in [0.1, 0.15) is 0 Å². The predicted molar refractivity (Wildman–Crippen MR) is 125 cm³/mol. The third-order valence-electron chi connectivity index (χ3n) is 6.10. The molecule has 0 spiro atoms. The van der Waals surface area contributed by atoms with Crippen LogP contribution in [0.4, 0.5) is 0 Å². The minimum absolute atomic E-state index is 0.0830. The summed E-state index contributed by atoms with van der Waals surface area (Å²) in [5.74, 6) is -0.518. The molecule has 0 bridgehead atoms. The largest absolute Gasteiger partial charge is 0.358 e. The SMILES string of the molecule is CC(C)(C)c1[nH]c2ccccc2c1CCN1CCc2cc(C=CC(=O)NO)ccc2C1. The number of aromatic nitrogens is 1. The number of nitrogens with zero attached hydrogens (tertiary/aromatic N) is 1. The molecular weight excluding hydrogens is 386 g/mol. The normalized spacial score (nSPS) is 14.8. The first-order valence-electron chi connectivity index (χ1n) is 10.9. The Labute approximate surface area is 183 Å². The fourth-order valence-corrected chi connectivity index (χ4v) is 4.50. The quantitative estimate of drug-likeness (QED) is 0.323. The summed E-state index contributed by atoms with van der Waals surface area (Å²) >= 11 is 0. The molecule has 0 unspecified atom stereocenters. The Kier molecular flexibility index (Phi) is 5.99. The maximum absolute atomic E-state index is 11.2. The van der Waals surface area contributed by atoms with Gasteiger partial charge in [0.15, 0.2) is 0 Å². The van der Waals surface area contributed by atoms with E-state index in [9.17, 15) is 4.79 Å². The van der Waals surface area contributed by atoms with Crippen molar-refractivity contribution in [2.45, 2.75) is 45.6 Å². The van der Waals surface area contributed by atoms with Gasteiger partial charge in [-0.25, -0.2) is 5.48 Å². The van der Waals surface area contributed by atoms with Crippen LogP contribution in [0.2, 0.25) is 0 Å². The second-order valence-electron chi connectivity index (χ2n) is 9.39. The number of nitrogens with one attached hydrogen (secondary N) is 2. The van der Waals surface area contributed by atoms with Crippen molar-refractivity contribution in [3.05, 3.63) is 76.5 Å². The van der Waals surface area contributed by atoms with Crippen molar-refractivity contribution in [1.82, 2.24) is 15.4 Å². The van der Waals surface area contributed by atoms with Gasteiger partial charge in [-0.1, -0.05) is 57.2 Å². The molecule has 1 amide bonds. The molecule has 162 valence electrons. The van der Waals surface area contributed by atoms with Crippen molar-refractivity contribution in [2.24, 2.45) is 0 Å². The number of H-pyrrole nitrogens is 1. The van der Waals surface area contributed by atoms with Crippen LogP contribution in [0.25, 0.3) is 17.0 Å². The van der Waals surface area contributed by atoms with E-state index in [4.69, 9.17) is 5.21 Å². The average Bonchev–Trinajstić information content (AvgIpc) is 3.15. The molecule has 0 aliphatic carbocycles. The summed E-state index contributed by atoms with van der Waals surface area (Å²) in [7, 11) is 0. The number of carbonyl (C=O) groups is 1. The zero-order valence-electron chi connectivity index (χ0n) is 18.5. The summed E-state index contributed by atoms with van der Waals surface area (Å²) in [4.78, 5) is 17.4. The van der Waals surface area contributed by atoms with Crippen LogP contribution in [0, 0.1) is 0 Å². The van der Waals surface area contributed by atoms with Gasteiger partial charge < -0.3 is 4.98 Å². The molecule has 1 aliphatic rings. The number of para-hydroxylation sites is 1. The molecule has 1 aliphatic heterocycles. The monoisotopic (exact) mass is 417 g/mol. The lowest BCUT2D eigenvalue weighted by atomic mass is 9.87. The smallest absolute Gasteiger partial charge is 0.267 e. The van der Waals surface area contributed by atoms with E-state index in [1.165, 1.54) is 39.4 Å². The van der Waals surface area contributed by atoms with Gasteiger partial charge in [0.05, 0.1) is 0 Å². The van der Waals surface area contributed by atoms with Gasteiger partial charge in [-0.3, -0.25) is 14.9 Å². The number of amides is 1. The van der Waals surface area contributed by atoms with E-state index in [0.717, 1.165) is 38.0 Å². The third-order valence-corrected chi connectivity index (χ3v) is 6.10. The average molecular weight is 418 g/mol. The fraction of sp³-hybridized carbons (Fsp3) is 0.346. The highest BCUT2D eigenvalue weighted by Gasteiger charge is 2.23. The van der Waals surface area contributed by atoms with Crippen molar-refractivity contribution < 1.29 is 10.0 Å². The Morgan fingerprint density at radius 2 is 2.00 bits per heavy atom. The highest BCUT2D eigenvalue weighted by Crippen LogP contribution is 2.32. The molecule has 2 heterocycles. The zero-order chi connectivity index (χ0) is 22.0. The second kappa shape index (κ2) is 8.69. The molecule has 0 radical (unpaired) electrons. The van der Waals surface area contributed by atoms with Crippen LogP contribution in [-0.4, -0.2) is 34.1 Å². The van der Waals surface area contributed by atoms with Gasteiger partial charge in [0, 0.05) is 47.7 Å². The van der Waals surface area contributed by atoms with E-state index in [0.29, 0.717) is 0 Å². The zero-order valence-corrected chi connectivity index (χ0v) is 18.5. The number of rotatable bonds is 5. The van der Waals surface area contributed by atoms with Gasteiger partial charge in [-0.05, 0) is 47.2 Å². The highest BCUT2D eigenvalue weighted by molar-refractivity contribution is 5.90. The summed E-state index contributed by atoms with van der Waals surface area (Å²) in [5.41, 5.74) is 9.38. The third kappa shape index (κ3) is 4.73. The number of aromatic amines is 1. The molecule has 0 saturated carbocycles. The number of hydroxylamine groups is 1. The summed E-state index contributed by atoms with van der Waals surface area (Å²) < 4.78 is 0. The van der Waals surface area contributed by atoms with Gasteiger partial charge in [0.25, 0.3) is 5.91 Å². The van der Waals surface area contributed by atoms with E-state index in [1.54, 1.807) is 11.6 Å². The molecule has 3 N–H and O–H groups in total. The summed E-state index contributed by atoms with van der Waals surface area (Å²) in [6.45, 7) is 9.83. The van der Waals surface area contributed by atoms with Gasteiger partial charge in [-0.2, -0.15) is 0 Å². The minimum Gasteiger partial charge on any atom is -0.358 e. The van der Waals surface area contributed by atoms with Crippen LogP contribution in [0.3, 0.4) is 0 Å². The molecule has 5 nitrogen and oxygen atoms in total. The Morgan fingerprint density at radius 1 is 1.19 bits per heavy atom. The van der Waals surface area contributed by atoms with Gasteiger partial charge in [0.2, 0.25) is 0 Å². The molecule has 31 heavy (non-hydrogen) atoms. The standard InChI is InChI=1S/C26H31N3O2/c1-26(2,3)25-22(21-6-4-5-7-23(21)27-25)13-15-29-14-12-19-16-18(8-10-20(19)17-29)9-11-24(30)28-31/h4-11,16,27,31H,12-15,17H2,1-3H3,(H,28,30). The van der Waals surface area contributed by atoms with E-state index >= 15 is 0 Å². The molecule has 4 rings (SSSR count). The van der Waals surface area contributed by atoms with E-state index in [2.05, 4.69) is 67.1 Å². The molecule has 3 aromatic rings. The Bertz CT molecular complexity index is 1120. The topological polar surface area (TPSA) is 68.4 Å². The van der Waals surface area contributed by atoms with Gasteiger partial charge >= 0.3 is 0 Å². The first kappa shape index (κ1) is 21.3. The molecule has 0 atom stereocenters. The van der Waals surface area contributed by atoms with Gasteiger partial charge in [-0.15, -0.1) is 0 Å². The van der Waals surface area contributed by atoms with E-state index < -0.39 is 5.91 Å². The molecule has 2 aromatic carbocycles. The molecule has 1 aromatic heterocycles. The Morgan fingerprint density at radius 3 is 2.77 bits per heavy atom. The van der Waals surface area contributed by atoms with Crippen molar-refractivity contribution in [3.8, 4) is 0 Å². The maximum Gasteiger partial charge on any atom is 0.267 e. The van der Waals surface area contributed by atoms with Crippen LogP contribution in [0.1, 0.15) is 48.7 Å². The summed E-state index contributed by atoms with van der Waals surface area (Å²) in [5, 5.41) is 9.96. The molecule has 5 heteroatoms. The van der Waals surface area contributed by atoms with Crippen LogP contribution >= 0.6 is 0 Å². The number of hydrogen-bond acceptors (Lipinski definition) is 3. The first-order valence-corrected chi connectivity index (χ1v) is 10.9. The second-order valence-corrected chi connectivity index (χ2v) is 9.39. The summed E-state index contributed by atoms with van der Waals surface area (Å²) in [6.07, 6.45) is 5.10. The lowest BCUT2D eigenvalue weighted by Gasteiger charge is -2.29.